The molecule has 11 heavy (non-hydrogen) atoms. The van der Waals surface area contributed by atoms with Gasteiger partial charge in [-0.05, 0) is 23.6 Å². The van der Waals surface area contributed by atoms with E-state index in [1.165, 1.54) is 16.7 Å². The lowest BCUT2D eigenvalue weighted by Gasteiger charge is -2.03. The van der Waals surface area contributed by atoms with Gasteiger partial charge >= 0.3 is 0 Å². The summed E-state index contributed by atoms with van der Waals surface area (Å²) >= 11 is 4.81. The smallest absolute Gasteiger partial charge is 0.0249 e. The highest BCUT2D eigenvalue weighted by Crippen LogP contribution is 2.16. The van der Waals surface area contributed by atoms with E-state index in [1.54, 1.807) is 0 Å². The van der Waals surface area contributed by atoms with Crippen molar-refractivity contribution in [3.05, 3.63) is 34.9 Å². The summed E-state index contributed by atoms with van der Waals surface area (Å²) in [5, 5.41) is 0. The fourth-order valence-corrected chi connectivity index (χ4v) is 2.25. The molecule has 0 N–H and O–H groups in total. The second-order valence-corrected chi connectivity index (χ2v) is 4.05. The first-order valence-corrected chi connectivity index (χ1v) is 6.53. The van der Waals surface area contributed by atoms with Crippen LogP contribution in [-0.4, -0.2) is 0 Å². The van der Waals surface area contributed by atoms with Crippen LogP contribution >= 0.6 is 45.2 Å². The third-order valence-corrected chi connectivity index (χ3v) is 3.41. The van der Waals surface area contributed by atoms with Gasteiger partial charge in [0.1, 0.15) is 0 Å². The Bertz CT molecular complexity index is 243. The van der Waals surface area contributed by atoms with Crippen LogP contribution in [0.3, 0.4) is 0 Å². The van der Waals surface area contributed by atoms with E-state index >= 15 is 0 Å². The zero-order chi connectivity index (χ0) is 8.27. The minimum atomic E-state index is 1.11. The van der Waals surface area contributed by atoms with E-state index in [1.807, 2.05) is 0 Å². The molecule has 0 aliphatic carbocycles. The van der Waals surface area contributed by atoms with Gasteiger partial charge in [0, 0.05) is 8.86 Å². The minimum Gasteiger partial charge on any atom is -0.0812 e. The van der Waals surface area contributed by atoms with Crippen LogP contribution in [-0.2, 0) is 8.86 Å². The van der Waals surface area contributed by atoms with Gasteiger partial charge in [-0.3, -0.25) is 0 Å². The molecule has 0 radical (unpaired) electrons. The molecule has 2 heteroatoms. The maximum Gasteiger partial charge on any atom is 0.0249 e. The summed E-state index contributed by atoms with van der Waals surface area (Å²) < 4.78 is 2.23. The van der Waals surface area contributed by atoms with Crippen LogP contribution in [0.5, 0.6) is 0 Å². The van der Waals surface area contributed by atoms with Crippen molar-refractivity contribution in [2.75, 3.05) is 0 Å². The molecule has 0 aliphatic rings. The van der Waals surface area contributed by atoms with E-state index in [2.05, 4.69) is 70.3 Å². The van der Waals surface area contributed by atoms with Gasteiger partial charge in [-0.2, -0.15) is 0 Å². The highest BCUT2D eigenvalue weighted by molar-refractivity contribution is 14.1. The van der Waals surface area contributed by atoms with E-state index < -0.39 is 0 Å². The zero-order valence-electron chi connectivity index (χ0n) is 6.40. The quantitative estimate of drug-likeness (QED) is 0.547. The molecular weight excluding hydrogens is 362 g/mol. The third-order valence-electron chi connectivity index (χ3n) is 1.71. The first-order chi connectivity index (χ1) is 5.27. The summed E-state index contributed by atoms with van der Waals surface area (Å²) in [6.45, 7) is 2.17. The molecule has 0 saturated carbocycles. The van der Waals surface area contributed by atoms with Crippen molar-refractivity contribution in [2.45, 2.75) is 15.8 Å². The van der Waals surface area contributed by atoms with Crippen molar-refractivity contribution in [1.29, 1.82) is 0 Å². The lowest BCUT2D eigenvalue weighted by molar-refractivity contribution is 1.29. The average Bonchev–Trinajstić information content (AvgIpc) is 2.05. The molecule has 0 unspecified atom stereocenters. The second kappa shape index (κ2) is 4.64. The van der Waals surface area contributed by atoms with E-state index in [0.717, 1.165) is 8.86 Å². The SMILES string of the molecule is Cc1ccc(CI)cc1CI. The molecular formula is C9H10I2. The molecule has 0 saturated heterocycles. The van der Waals surface area contributed by atoms with Crippen LogP contribution in [0.25, 0.3) is 0 Å². The topological polar surface area (TPSA) is 0 Å². The number of halogens is 2. The van der Waals surface area contributed by atoms with Crippen LogP contribution < -0.4 is 0 Å². The van der Waals surface area contributed by atoms with E-state index in [0.29, 0.717) is 0 Å². The molecule has 0 atom stereocenters. The third kappa shape index (κ3) is 2.57. The zero-order valence-corrected chi connectivity index (χ0v) is 10.7. The Morgan fingerprint density at radius 1 is 1.18 bits per heavy atom. The summed E-state index contributed by atoms with van der Waals surface area (Å²) in [4.78, 5) is 0. The Labute approximate surface area is 95.0 Å². The van der Waals surface area contributed by atoms with Gasteiger partial charge < -0.3 is 0 Å². The molecule has 0 nitrogen and oxygen atoms in total. The highest BCUT2D eigenvalue weighted by Gasteiger charge is 1.96. The molecule has 1 aromatic carbocycles. The van der Waals surface area contributed by atoms with E-state index in [9.17, 15) is 0 Å². The lowest BCUT2D eigenvalue weighted by atomic mass is 10.1. The Balaban J connectivity index is 3.02. The van der Waals surface area contributed by atoms with Gasteiger partial charge in [-0.1, -0.05) is 63.4 Å². The molecule has 1 aromatic rings. The molecule has 0 fully saturated rings. The second-order valence-electron chi connectivity index (χ2n) is 2.53. The summed E-state index contributed by atoms with van der Waals surface area (Å²) in [6, 6.07) is 6.72. The van der Waals surface area contributed by atoms with Crippen LogP contribution in [0.1, 0.15) is 16.7 Å². The van der Waals surface area contributed by atoms with Crippen LogP contribution in [0.2, 0.25) is 0 Å². The molecule has 1 rings (SSSR count). The fraction of sp³-hybridized carbons (Fsp3) is 0.333. The molecule has 0 bridgehead atoms. The molecule has 60 valence electrons. The number of hydrogen-bond acceptors (Lipinski definition) is 0. The van der Waals surface area contributed by atoms with Gasteiger partial charge in [-0.15, -0.1) is 0 Å². The first-order valence-electron chi connectivity index (χ1n) is 3.48. The number of aryl methyl sites for hydroxylation is 1. The molecule has 0 aliphatic heterocycles. The van der Waals surface area contributed by atoms with Crippen molar-refractivity contribution >= 4 is 45.2 Å². The Morgan fingerprint density at radius 3 is 2.45 bits per heavy atom. The average molecular weight is 372 g/mol. The standard InChI is InChI=1S/C9H10I2/c1-7-2-3-8(5-10)4-9(7)6-11/h2-4H,5-6H2,1H3. The van der Waals surface area contributed by atoms with Crippen molar-refractivity contribution in [3.63, 3.8) is 0 Å². The largest absolute Gasteiger partial charge is 0.0812 e. The van der Waals surface area contributed by atoms with Gasteiger partial charge in [-0.25, -0.2) is 0 Å². The molecule has 0 heterocycles. The van der Waals surface area contributed by atoms with Crippen LogP contribution in [0.15, 0.2) is 18.2 Å². The van der Waals surface area contributed by atoms with Crippen molar-refractivity contribution in [1.82, 2.24) is 0 Å². The molecule has 0 aromatic heterocycles. The summed E-state index contributed by atoms with van der Waals surface area (Å²) in [5.74, 6) is 0. The van der Waals surface area contributed by atoms with Gasteiger partial charge in [0.15, 0.2) is 0 Å². The lowest BCUT2D eigenvalue weighted by Crippen LogP contribution is -1.86. The number of hydrogen-bond donors (Lipinski definition) is 0. The monoisotopic (exact) mass is 372 g/mol. The summed E-state index contributed by atoms with van der Waals surface area (Å²) in [6.07, 6.45) is 0. The molecule has 0 spiro atoms. The number of alkyl halides is 2. The Hall–Kier alpha value is 0.680. The summed E-state index contributed by atoms with van der Waals surface area (Å²) in [7, 11) is 0. The molecule has 0 amide bonds. The van der Waals surface area contributed by atoms with Gasteiger partial charge in [0.05, 0.1) is 0 Å². The van der Waals surface area contributed by atoms with Gasteiger partial charge in [0.2, 0.25) is 0 Å². The predicted octanol–water partition coefficient (Wildman–Crippen LogP) is 3.87. The maximum atomic E-state index is 2.41. The van der Waals surface area contributed by atoms with Crippen molar-refractivity contribution in [2.24, 2.45) is 0 Å². The van der Waals surface area contributed by atoms with Crippen LogP contribution in [0.4, 0.5) is 0 Å². The van der Waals surface area contributed by atoms with E-state index in [4.69, 9.17) is 0 Å². The number of rotatable bonds is 2. The minimum absolute atomic E-state index is 1.11. The van der Waals surface area contributed by atoms with Crippen LogP contribution in [0, 0.1) is 6.92 Å². The van der Waals surface area contributed by atoms with Crippen molar-refractivity contribution in [3.8, 4) is 0 Å². The normalized spacial score (nSPS) is 10.1. The number of benzene rings is 1. The summed E-state index contributed by atoms with van der Waals surface area (Å²) in [5.41, 5.74) is 4.32. The Kier molecular flexibility index (Phi) is 4.12. The fourth-order valence-electron chi connectivity index (χ4n) is 0.952. The maximum absolute atomic E-state index is 2.41. The highest BCUT2D eigenvalue weighted by atomic mass is 127. The predicted molar refractivity (Wildman–Crippen MR) is 66.6 cm³/mol. The first kappa shape index (κ1) is 9.77. The van der Waals surface area contributed by atoms with E-state index in [-0.39, 0.29) is 0 Å². The van der Waals surface area contributed by atoms with Crippen molar-refractivity contribution < 1.29 is 0 Å². The Morgan fingerprint density at radius 2 is 1.91 bits per heavy atom. The van der Waals surface area contributed by atoms with Gasteiger partial charge in [0.25, 0.3) is 0 Å².